The van der Waals surface area contributed by atoms with Crippen LogP contribution in [0.3, 0.4) is 0 Å². The summed E-state index contributed by atoms with van der Waals surface area (Å²) >= 11 is 0. The Balaban J connectivity index is 2.07. The zero-order valence-electron chi connectivity index (χ0n) is 13.7. The van der Waals surface area contributed by atoms with Crippen molar-refractivity contribution in [2.75, 3.05) is 0 Å². The van der Waals surface area contributed by atoms with E-state index in [2.05, 4.69) is 11.2 Å². The van der Waals surface area contributed by atoms with Crippen LogP contribution in [-0.2, 0) is 6.54 Å². The third-order valence-electron chi connectivity index (χ3n) is 3.77. The van der Waals surface area contributed by atoms with Crippen LogP contribution in [0.4, 0.5) is 0 Å². The largest absolute Gasteiger partial charge is 0.268 e. The summed E-state index contributed by atoms with van der Waals surface area (Å²) in [6.45, 7) is 0.290. The first-order valence-corrected chi connectivity index (χ1v) is 8.05. The monoisotopic (exact) mass is 327 g/mol. The molecule has 0 N–H and O–H groups in total. The maximum absolute atomic E-state index is 12.3. The van der Waals surface area contributed by atoms with Gasteiger partial charge in [-0.2, -0.15) is 10.4 Å². The van der Waals surface area contributed by atoms with Gasteiger partial charge in [0.2, 0.25) is 0 Å². The van der Waals surface area contributed by atoms with E-state index in [9.17, 15) is 4.79 Å². The van der Waals surface area contributed by atoms with Gasteiger partial charge in [0.25, 0.3) is 5.56 Å². The fraction of sp³-hybridized carbons (Fsp3) is 0.0952. The molecular formula is C21H17N3O. The predicted octanol–water partition coefficient (Wildman–Crippen LogP) is 3.99. The Morgan fingerprint density at radius 3 is 2.36 bits per heavy atom. The Morgan fingerprint density at radius 2 is 1.68 bits per heavy atom. The highest BCUT2D eigenvalue weighted by Crippen LogP contribution is 2.21. The summed E-state index contributed by atoms with van der Waals surface area (Å²) in [7, 11) is 0. The minimum absolute atomic E-state index is 0.206. The summed E-state index contributed by atoms with van der Waals surface area (Å²) in [6, 6.07) is 23.3. The maximum Gasteiger partial charge on any atom is 0.267 e. The van der Waals surface area contributed by atoms with Gasteiger partial charge in [-0.25, -0.2) is 4.68 Å². The van der Waals surface area contributed by atoms with Gasteiger partial charge in [0.1, 0.15) is 0 Å². The van der Waals surface area contributed by atoms with E-state index in [1.165, 1.54) is 4.68 Å². The van der Waals surface area contributed by atoms with Gasteiger partial charge in [0.05, 0.1) is 24.7 Å². The van der Waals surface area contributed by atoms with Gasteiger partial charge in [0, 0.05) is 17.2 Å². The third-order valence-corrected chi connectivity index (χ3v) is 3.77. The standard InChI is InChI=1S/C21H17N3O/c22-14-7-15-24-20(25)16-19(13-12-17-8-3-1-4-9-17)21(23-24)18-10-5-2-6-11-18/h1-6,8-13,16H,7,15H2/b13-12+. The molecule has 0 aliphatic rings. The highest BCUT2D eigenvalue weighted by atomic mass is 16.1. The molecule has 0 aliphatic carbocycles. The van der Waals surface area contributed by atoms with Crippen LogP contribution in [0.15, 0.2) is 71.5 Å². The topological polar surface area (TPSA) is 58.7 Å². The molecule has 3 aromatic rings. The van der Waals surface area contributed by atoms with Gasteiger partial charge in [-0.1, -0.05) is 72.8 Å². The summed E-state index contributed by atoms with van der Waals surface area (Å²) in [5.74, 6) is 0. The number of rotatable bonds is 5. The van der Waals surface area contributed by atoms with Crippen LogP contribution in [0.5, 0.6) is 0 Å². The number of aromatic nitrogens is 2. The molecule has 0 saturated carbocycles. The van der Waals surface area contributed by atoms with Crippen LogP contribution < -0.4 is 5.56 Å². The van der Waals surface area contributed by atoms with Crippen LogP contribution in [0.1, 0.15) is 17.5 Å². The molecule has 0 bridgehead atoms. The molecule has 4 heteroatoms. The molecule has 25 heavy (non-hydrogen) atoms. The number of hydrogen-bond donors (Lipinski definition) is 0. The molecular weight excluding hydrogens is 310 g/mol. The number of hydrogen-bond acceptors (Lipinski definition) is 3. The molecule has 0 atom stereocenters. The molecule has 1 aromatic heterocycles. The summed E-state index contributed by atoms with van der Waals surface area (Å²) in [5, 5.41) is 13.3. The lowest BCUT2D eigenvalue weighted by atomic mass is 10.1. The summed E-state index contributed by atoms with van der Waals surface area (Å²) < 4.78 is 1.35. The van der Waals surface area contributed by atoms with Crippen molar-refractivity contribution >= 4 is 12.2 Å². The lowest BCUT2D eigenvalue weighted by Crippen LogP contribution is -2.23. The smallest absolute Gasteiger partial charge is 0.267 e. The molecule has 4 nitrogen and oxygen atoms in total. The van der Waals surface area contributed by atoms with Crippen molar-refractivity contribution in [3.8, 4) is 17.3 Å². The quantitative estimate of drug-likeness (QED) is 0.712. The van der Waals surface area contributed by atoms with Crippen molar-refractivity contribution in [2.24, 2.45) is 0 Å². The first-order valence-electron chi connectivity index (χ1n) is 8.05. The Labute approximate surface area is 146 Å². The van der Waals surface area contributed by atoms with Crippen LogP contribution >= 0.6 is 0 Å². The minimum atomic E-state index is -0.206. The fourth-order valence-electron chi connectivity index (χ4n) is 2.52. The van der Waals surface area contributed by atoms with Crippen molar-refractivity contribution in [3.63, 3.8) is 0 Å². The van der Waals surface area contributed by atoms with E-state index < -0.39 is 0 Å². The van der Waals surface area contributed by atoms with Gasteiger partial charge in [-0.05, 0) is 5.56 Å². The lowest BCUT2D eigenvalue weighted by Gasteiger charge is -2.09. The Bertz CT molecular complexity index is 968. The first kappa shape index (κ1) is 16.4. The van der Waals surface area contributed by atoms with Crippen LogP contribution in [0, 0.1) is 11.3 Å². The van der Waals surface area contributed by atoms with Gasteiger partial charge >= 0.3 is 0 Å². The highest BCUT2D eigenvalue weighted by molar-refractivity contribution is 5.78. The number of nitrogens with zero attached hydrogens (tertiary/aromatic N) is 3. The van der Waals surface area contributed by atoms with Gasteiger partial charge in [-0.3, -0.25) is 4.79 Å². The zero-order valence-corrected chi connectivity index (χ0v) is 13.7. The lowest BCUT2D eigenvalue weighted by molar-refractivity contribution is 0.591. The van der Waals surface area contributed by atoms with Crippen molar-refractivity contribution in [1.82, 2.24) is 9.78 Å². The van der Waals surface area contributed by atoms with Gasteiger partial charge < -0.3 is 0 Å². The van der Waals surface area contributed by atoms with Crippen LogP contribution in [0.25, 0.3) is 23.4 Å². The zero-order chi connectivity index (χ0) is 17.5. The molecule has 0 amide bonds. The molecule has 0 saturated heterocycles. The predicted molar refractivity (Wildman–Crippen MR) is 99.5 cm³/mol. The Hall–Kier alpha value is -3.45. The molecule has 0 fully saturated rings. The molecule has 0 aliphatic heterocycles. The van der Waals surface area contributed by atoms with Crippen molar-refractivity contribution in [2.45, 2.75) is 13.0 Å². The Morgan fingerprint density at radius 1 is 1.00 bits per heavy atom. The van der Waals surface area contributed by atoms with E-state index in [0.717, 1.165) is 22.4 Å². The van der Waals surface area contributed by atoms with Crippen LogP contribution in [0.2, 0.25) is 0 Å². The molecule has 1 heterocycles. The summed E-state index contributed by atoms with van der Waals surface area (Å²) in [5.41, 5.74) is 3.26. The van der Waals surface area contributed by atoms with Crippen molar-refractivity contribution < 1.29 is 0 Å². The molecule has 0 radical (unpaired) electrons. The normalized spacial score (nSPS) is 10.7. The van der Waals surface area contributed by atoms with Crippen molar-refractivity contribution in [3.05, 3.63) is 88.2 Å². The van der Waals surface area contributed by atoms with Crippen molar-refractivity contribution in [1.29, 1.82) is 5.26 Å². The molecule has 122 valence electrons. The van der Waals surface area contributed by atoms with Gasteiger partial charge in [-0.15, -0.1) is 0 Å². The second-order valence-corrected chi connectivity index (χ2v) is 5.53. The maximum atomic E-state index is 12.3. The van der Waals surface area contributed by atoms with E-state index in [-0.39, 0.29) is 18.5 Å². The average Bonchev–Trinajstić information content (AvgIpc) is 2.67. The molecule has 0 spiro atoms. The summed E-state index contributed by atoms with van der Waals surface area (Å²) in [4.78, 5) is 12.3. The van der Waals surface area contributed by atoms with Gasteiger partial charge in [0.15, 0.2) is 0 Å². The highest BCUT2D eigenvalue weighted by Gasteiger charge is 2.09. The SMILES string of the molecule is N#CCCn1nc(-c2ccccc2)c(/C=C/c2ccccc2)cc1=O. The number of aryl methyl sites for hydroxylation is 1. The Kier molecular flexibility index (Phi) is 5.18. The van der Waals surface area contributed by atoms with E-state index >= 15 is 0 Å². The summed E-state index contributed by atoms with van der Waals surface area (Å²) in [6.07, 6.45) is 4.11. The van der Waals surface area contributed by atoms with E-state index in [1.54, 1.807) is 6.07 Å². The number of nitriles is 1. The van der Waals surface area contributed by atoms with Crippen LogP contribution in [-0.4, -0.2) is 9.78 Å². The average molecular weight is 327 g/mol. The molecule has 2 aromatic carbocycles. The second-order valence-electron chi connectivity index (χ2n) is 5.53. The second kappa shape index (κ2) is 7.89. The van der Waals surface area contributed by atoms with E-state index in [1.807, 2.05) is 72.8 Å². The number of benzene rings is 2. The molecule has 0 unspecified atom stereocenters. The third kappa shape index (κ3) is 4.10. The van der Waals surface area contributed by atoms with E-state index in [0.29, 0.717) is 0 Å². The molecule has 3 rings (SSSR count). The first-order chi connectivity index (χ1) is 12.3. The van der Waals surface area contributed by atoms with E-state index in [4.69, 9.17) is 5.26 Å². The minimum Gasteiger partial charge on any atom is -0.268 e. The fourth-order valence-corrected chi connectivity index (χ4v) is 2.52.